The number of aryl methyl sites for hydroxylation is 2. The molecule has 11 rings (SSSR count). The third-order valence-electron chi connectivity index (χ3n) is 11.5. The number of fused-ring (bicyclic) bond motifs is 15. The van der Waals surface area contributed by atoms with Crippen molar-refractivity contribution in [1.82, 2.24) is 19.9 Å². The van der Waals surface area contributed by atoms with E-state index in [-0.39, 0.29) is 24.2 Å². The summed E-state index contributed by atoms with van der Waals surface area (Å²) in [4.78, 5) is 30.9. The average molecular weight is 689 g/mol. The molecule has 5 aromatic carbocycles. The first-order valence-corrected chi connectivity index (χ1v) is 18.3. The van der Waals surface area contributed by atoms with Crippen molar-refractivity contribution in [3.8, 4) is 0 Å². The Morgan fingerprint density at radius 3 is 1.85 bits per heavy atom. The summed E-state index contributed by atoms with van der Waals surface area (Å²) >= 11 is 0. The van der Waals surface area contributed by atoms with Gasteiger partial charge in [0.25, 0.3) is 0 Å². The summed E-state index contributed by atoms with van der Waals surface area (Å²) in [6.07, 6.45) is 3.98. The molecule has 0 fully saturated rings. The van der Waals surface area contributed by atoms with Gasteiger partial charge in [-0.15, -0.1) is 0 Å². The van der Waals surface area contributed by atoms with Crippen LogP contribution in [0, 0.1) is 19.8 Å². The van der Waals surface area contributed by atoms with Crippen molar-refractivity contribution in [1.29, 1.82) is 0 Å². The summed E-state index contributed by atoms with van der Waals surface area (Å²) in [5.74, 6) is 3.40. The minimum atomic E-state index is -0.231. The minimum absolute atomic E-state index is 0.0623. The van der Waals surface area contributed by atoms with Crippen LogP contribution >= 0.6 is 0 Å². The fourth-order valence-electron chi connectivity index (χ4n) is 9.31. The maximum Gasteiger partial charge on any atom is 0.179 e. The number of para-hydroxylation sites is 4. The zero-order valence-electron chi connectivity index (χ0n) is 29.5. The SMILES string of the molecule is C=C1CC2c3ccccc3N3c4nc5ccccc5nc4N(c4ccccc4)C3C2C2N(c3ccc(C)cc3)c3nccnc3N2c2ccc(C)cc21. The molecule has 0 saturated heterocycles. The molecule has 4 unspecified atom stereocenters. The average Bonchev–Trinajstić information content (AvgIpc) is 3.70. The van der Waals surface area contributed by atoms with Gasteiger partial charge in [0, 0.05) is 46.9 Å². The van der Waals surface area contributed by atoms with Gasteiger partial charge in [-0.2, -0.15) is 0 Å². The lowest BCUT2D eigenvalue weighted by molar-refractivity contribution is 0.289. The van der Waals surface area contributed by atoms with E-state index < -0.39 is 0 Å². The molecule has 7 aromatic rings. The molecule has 4 aliphatic heterocycles. The number of benzene rings is 5. The van der Waals surface area contributed by atoms with Gasteiger partial charge in [-0.3, -0.25) is 0 Å². The molecule has 0 spiro atoms. The molecule has 0 N–H and O–H groups in total. The van der Waals surface area contributed by atoms with Gasteiger partial charge >= 0.3 is 0 Å². The molecule has 0 saturated carbocycles. The van der Waals surface area contributed by atoms with E-state index in [0.717, 1.165) is 74.6 Å². The number of anilines is 8. The van der Waals surface area contributed by atoms with E-state index in [9.17, 15) is 0 Å². The third kappa shape index (κ3) is 4.29. The number of allylic oxidation sites excluding steroid dienone is 1. The monoisotopic (exact) mass is 688 g/mol. The van der Waals surface area contributed by atoms with E-state index >= 15 is 0 Å². The van der Waals surface area contributed by atoms with Crippen LogP contribution < -0.4 is 19.6 Å². The zero-order chi connectivity index (χ0) is 35.4. The molecule has 4 atom stereocenters. The molecule has 0 amide bonds. The molecule has 8 nitrogen and oxygen atoms in total. The maximum atomic E-state index is 5.42. The summed E-state index contributed by atoms with van der Waals surface area (Å²) in [6, 6.07) is 43.4. The van der Waals surface area contributed by atoms with Crippen LogP contribution in [0.25, 0.3) is 16.6 Å². The second-order valence-electron chi connectivity index (χ2n) is 14.6. The van der Waals surface area contributed by atoms with Gasteiger partial charge in [0.1, 0.15) is 12.3 Å². The quantitative estimate of drug-likeness (QED) is 0.178. The second-order valence-corrected chi connectivity index (χ2v) is 14.6. The Bertz CT molecular complexity index is 2600. The Kier molecular flexibility index (Phi) is 6.38. The molecular formula is C45H36N8. The van der Waals surface area contributed by atoms with Gasteiger partial charge in [0.05, 0.1) is 16.7 Å². The first-order valence-electron chi connectivity index (χ1n) is 18.3. The first kappa shape index (κ1) is 30.1. The standard InChI is InChI=1S/C45H36N8/c1-27-17-20-31(21-18-27)50-40-41(47-24-23-46-40)52-38-22-19-28(2)25-33(38)29(3)26-34-32-13-7-10-16-37(32)53-43-42(48-35-14-8-9-15-36(35)49-43)51(30-11-5-4-6-12-30)45(53)39(34)44(50)52/h4-25,34,39,44-45H,3,26H2,1-2H3. The first-order chi connectivity index (χ1) is 26.0. The van der Waals surface area contributed by atoms with Gasteiger partial charge in [-0.1, -0.05) is 84.4 Å². The molecule has 0 bridgehead atoms. The highest BCUT2D eigenvalue weighted by molar-refractivity contribution is 5.94. The van der Waals surface area contributed by atoms with Crippen molar-refractivity contribution in [3.63, 3.8) is 0 Å². The van der Waals surface area contributed by atoms with E-state index in [2.05, 4.69) is 143 Å². The van der Waals surface area contributed by atoms with Gasteiger partial charge < -0.3 is 19.6 Å². The van der Waals surface area contributed by atoms with E-state index in [1.54, 1.807) is 0 Å². The third-order valence-corrected chi connectivity index (χ3v) is 11.5. The zero-order valence-corrected chi connectivity index (χ0v) is 29.5. The Morgan fingerprint density at radius 1 is 0.547 bits per heavy atom. The van der Waals surface area contributed by atoms with Crippen molar-refractivity contribution in [3.05, 3.63) is 163 Å². The van der Waals surface area contributed by atoms with E-state index in [1.807, 2.05) is 24.5 Å². The van der Waals surface area contributed by atoms with Crippen molar-refractivity contribution in [2.45, 2.75) is 38.5 Å². The molecule has 2 aromatic heterocycles. The molecule has 256 valence electrons. The lowest BCUT2D eigenvalue weighted by atomic mass is 9.71. The largest absolute Gasteiger partial charge is 0.301 e. The predicted octanol–water partition coefficient (Wildman–Crippen LogP) is 10.1. The Morgan fingerprint density at radius 2 is 1.11 bits per heavy atom. The van der Waals surface area contributed by atoms with Crippen LogP contribution in [0.5, 0.6) is 0 Å². The van der Waals surface area contributed by atoms with Crippen LogP contribution in [0.2, 0.25) is 0 Å². The van der Waals surface area contributed by atoms with Crippen LogP contribution in [-0.2, 0) is 0 Å². The molecule has 4 aliphatic rings. The summed E-state index contributed by atoms with van der Waals surface area (Å²) in [7, 11) is 0. The summed E-state index contributed by atoms with van der Waals surface area (Å²) in [5.41, 5.74) is 12.1. The lowest BCUT2D eigenvalue weighted by Gasteiger charge is -2.52. The summed E-state index contributed by atoms with van der Waals surface area (Å²) in [5, 5.41) is 0. The van der Waals surface area contributed by atoms with Gasteiger partial charge in [0.15, 0.2) is 23.3 Å². The number of nitrogens with zero attached hydrogens (tertiary/aromatic N) is 8. The fourth-order valence-corrected chi connectivity index (χ4v) is 9.31. The van der Waals surface area contributed by atoms with Gasteiger partial charge in [-0.25, -0.2) is 19.9 Å². The van der Waals surface area contributed by atoms with Crippen LogP contribution in [-0.4, -0.2) is 32.3 Å². The fraction of sp³-hybridized carbons (Fsp3) is 0.156. The Labute approximate surface area is 308 Å². The second kappa shape index (κ2) is 11.2. The summed E-state index contributed by atoms with van der Waals surface area (Å²) in [6.45, 7) is 9.13. The molecule has 53 heavy (non-hydrogen) atoms. The number of rotatable bonds is 2. The van der Waals surface area contributed by atoms with E-state index in [4.69, 9.17) is 26.5 Å². The predicted molar refractivity (Wildman–Crippen MR) is 213 cm³/mol. The highest BCUT2D eigenvalue weighted by atomic mass is 15.5. The highest BCUT2D eigenvalue weighted by Crippen LogP contribution is 2.62. The van der Waals surface area contributed by atoms with Crippen molar-refractivity contribution < 1.29 is 0 Å². The Balaban J connectivity index is 1.25. The number of hydrogen-bond donors (Lipinski definition) is 0. The van der Waals surface area contributed by atoms with Crippen molar-refractivity contribution >= 4 is 62.6 Å². The smallest absolute Gasteiger partial charge is 0.179 e. The molecule has 0 aliphatic carbocycles. The van der Waals surface area contributed by atoms with E-state index in [1.165, 1.54) is 16.7 Å². The Hall–Kier alpha value is -6.54. The van der Waals surface area contributed by atoms with Crippen LogP contribution in [0.4, 0.5) is 46.0 Å². The van der Waals surface area contributed by atoms with Crippen LogP contribution in [0.3, 0.4) is 0 Å². The van der Waals surface area contributed by atoms with Crippen LogP contribution in [0.1, 0.15) is 34.6 Å². The van der Waals surface area contributed by atoms with E-state index in [0.29, 0.717) is 0 Å². The molecule has 6 heterocycles. The van der Waals surface area contributed by atoms with Crippen LogP contribution in [0.15, 0.2) is 140 Å². The number of hydrogen-bond acceptors (Lipinski definition) is 8. The van der Waals surface area contributed by atoms with Gasteiger partial charge in [-0.05, 0) is 86.0 Å². The lowest BCUT2D eigenvalue weighted by Crippen LogP contribution is -2.60. The molecule has 0 radical (unpaired) electrons. The topological polar surface area (TPSA) is 64.5 Å². The highest BCUT2D eigenvalue weighted by Gasteiger charge is 2.59. The minimum Gasteiger partial charge on any atom is -0.301 e. The maximum absolute atomic E-state index is 5.42. The van der Waals surface area contributed by atoms with Crippen molar-refractivity contribution in [2.75, 3.05) is 19.6 Å². The van der Waals surface area contributed by atoms with Crippen molar-refractivity contribution in [2.24, 2.45) is 5.92 Å². The molecule has 8 heteroatoms. The normalized spacial score (nSPS) is 20.8. The summed E-state index contributed by atoms with van der Waals surface area (Å²) < 4.78 is 0. The number of aromatic nitrogens is 4. The molecular weight excluding hydrogens is 653 g/mol. The van der Waals surface area contributed by atoms with Gasteiger partial charge in [0.2, 0.25) is 0 Å².